The number of hydrogen-bond acceptors (Lipinski definition) is 7. The number of imide groups is 1. The number of nitrogens with one attached hydrogen (secondary N) is 1. The zero-order chi connectivity index (χ0) is 28.0. The molecule has 1 fully saturated rings. The molecule has 7 rings (SSSR count). The van der Waals surface area contributed by atoms with Crippen LogP contribution in [-0.2, 0) is 28.7 Å². The summed E-state index contributed by atoms with van der Waals surface area (Å²) in [5.74, 6) is -4.41. The van der Waals surface area contributed by atoms with Gasteiger partial charge in [-0.1, -0.05) is 48.5 Å². The van der Waals surface area contributed by atoms with Crippen molar-refractivity contribution in [3.05, 3.63) is 101 Å². The molecule has 9 nitrogen and oxygen atoms in total. The number of likely N-dealkylation sites (tertiary alicyclic amines) is 1. The van der Waals surface area contributed by atoms with Gasteiger partial charge in [0.2, 0.25) is 11.8 Å². The molecule has 3 amide bonds. The lowest BCUT2D eigenvalue weighted by Crippen LogP contribution is -2.41. The van der Waals surface area contributed by atoms with Crippen LogP contribution in [0.15, 0.2) is 72.8 Å². The monoisotopic (exact) mass is 538 g/mol. The van der Waals surface area contributed by atoms with E-state index >= 15 is 0 Å². The highest BCUT2D eigenvalue weighted by Gasteiger charge is 2.61. The number of carbonyl (C=O) groups is 5. The van der Waals surface area contributed by atoms with Crippen LogP contribution in [0.3, 0.4) is 0 Å². The molecule has 0 unspecified atom stereocenters. The Hall–Kier alpha value is -4.79. The molecule has 1 N–H and O–H groups in total. The van der Waals surface area contributed by atoms with Crippen molar-refractivity contribution in [3.8, 4) is 0 Å². The zero-order valence-electron chi connectivity index (χ0n) is 21.7. The Morgan fingerprint density at radius 2 is 1.25 bits per heavy atom. The first-order chi connectivity index (χ1) is 19.4. The fourth-order valence-electron chi connectivity index (χ4n) is 6.32. The molecule has 3 aromatic rings. The maximum Gasteiger partial charge on any atom is 0.338 e. The number of nitrogens with zero attached hydrogens (tertiary/aromatic N) is 1. The van der Waals surface area contributed by atoms with Gasteiger partial charge in [-0.25, -0.2) is 4.79 Å². The smallest absolute Gasteiger partial charge is 0.338 e. The van der Waals surface area contributed by atoms with Gasteiger partial charge in [0, 0.05) is 17.5 Å². The van der Waals surface area contributed by atoms with Crippen LogP contribution in [0.4, 0.5) is 5.69 Å². The molecule has 1 heterocycles. The summed E-state index contributed by atoms with van der Waals surface area (Å²) in [7, 11) is 0. The molecule has 0 radical (unpaired) electrons. The molecule has 202 valence electrons. The van der Waals surface area contributed by atoms with Crippen molar-refractivity contribution < 1.29 is 33.4 Å². The molecule has 1 saturated heterocycles. The van der Waals surface area contributed by atoms with Crippen LogP contribution in [0.5, 0.6) is 0 Å². The fourth-order valence-corrected chi connectivity index (χ4v) is 6.32. The third kappa shape index (κ3) is 4.14. The third-order valence-corrected chi connectivity index (χ3v) is 7.87. The Balaban J connectivity index is 1.11. The summed E-state index contributed by atoms with van der Waals surface area (Å²) in [4.78, 5) is 64.9. The van der Waals surface area contributed by atoms with Crippen LogP contribution < -0.4 is 5.32 Å². The number of anilines is 1. The Labute approximate surface area is 230 Å². The van der Waals surface area contributed by atoms with Gasteiger partial charge in [-0.05, 0) is 53.4 Å². The van der Waals surface area contributed by atoms with Gasteiger partial charge in [-0.3, -0.25) is 24.1 Å². The van der Waals surface area contributed by atoms with Gasteiger partial charge in [0.05, 0.1) is 24.0 Å². The number of amides is 3. The predicted octanol–water partition coefficient (Wildman–Crippen LogP) is 3.24. The number of rotatable bonds is 7. The van der Waals surface area contributed by atoms with Crippen molar-refractivity contribution in [2.45, 2.75) is 18.8 Å². The van der Waals surface area contributed by atoms with Crippen molar-refractivity contribution in [1.29, 1.82) is 0 Å². The molecule has 0 aromatic heterocycles. The highest BCUT2D eigenvalue weighted by molar-refractivity contribution is 6.09. The van der Waals surface area contributed by atoms with Crippen LogP contribution in [0.25, 0.3) is 0 Å². The minimum absolute atomic E-state index is 0.251. The summed E-state index contributed by atoms with van der Waals surface area (Å²) in [6.45, 7) is 0.807. The highest BCUT2D eigenvalue weighted by Crippen LogP contribution is 2.60. The summed E-state index contributed by atoms with van der Waals surface area (Å²) >= 11 is 0. The number of carbonyl (C=O) groups excluding carboxylic acids is 5. The van der Waals surface area contributed by atoms with Gasteiger partial charge >= 0.3 is 11.9 Å². The lowest BCUT2D eigenvalue weighted by Gasteiger charge is -2.45. The van der Waals surface area contributed by atoms with E-state index in [1.54, 1.807) is 6.92 Å². The minimum atomic E-state index is -0.851. The fraction of sp³-hybridized carbons (Fsp3) is 0.258. The van der Waals surface area contributed by atoms with Crippen molar-refractivity contribution in [1.82, 2.24) is 4.90 Å². The number of benzene rings is 3. The molecule has 3 aliphatic carbocycles. The normalized spacial score (nSPS) is 21.8. The summed E-state index contributed by atoms with van der Waals surface area (Å²) in [6.07, 6.45) is 0. The molecule has 0 saturated carbocycles. The second-order valence-corrected chi connectivity index (χ2v) is 10.0. The largest absolute Gasteiger partial charge is 0.462 e. The van der Waals surface area contributed by atoms with E-state index in [1.165, 1.54) is 24.3 Å². The van der Waals surface area contributed by atoms with Gasteiger partial charge in [0.15, 0.2) is 6.61 Å². The molecule has 3 aromatic carbocycles. The molecule has 1 aliphatic heterocycles. The van der Waals surface area contributed by atoms with E-state index in [4.69, 9.17) is 9.47 Å². The lowest BCUT2D eigenvalue weighted by atomic mass is 9.55. The van der Waals surface area contributed by atoms with Crippen molar-refractivity contribution in [2.24, 2.45) is 11.8 Å². The lowest BCUT2D eigenvalue weighted by molar-refractivity contribution is -0.154. The Kier molecular flexibility index (Phi) is 6.42. The van der Waals surface area contributed by atoms with Crippen LogP contribution in [-0.4, -0.2) is 54.3 Å². The predicted molar refractivity (Wildman–Crippen MR) is 142 cm³/mol. The van der Waals surface area contributed by atoms with Gasteiger partial charge in [0.25, 0.3) is 5.91 Å². The van der Waals surface area contributed by atoms with Crippen molar-refractivity contribution in [3.63, 3.8) is 0 Å². The van der Waals surface area contributed by atoms with Gasteiger partial charge in [-0.2, -0.15) is 0 Å². The van der Waals surface area contributed by atoms with Crippen LogP contribution in [0, 0.1) is 11.8 Å². The molecular weight excluding hydrogens is 512 g/mol. The second-order valence-electron chi connectivity index (χ2n) is 10.0. The first-order valence-electron chi connectivity index (χ1n) is 13.1. The number of esters is 2. The average molecular weight is 539 g/mol. The molecule has 2 bridgehead atoms. The van der Waals surface area contributed by atoms with Crippen molar-refractivity contribution in [2.75, 3.05) is 25.1 Å². The van der Waals surface area contributed by atoms with E-state index in [0.29, 0.717) is 11.3 Å². The third-order valence-electron chi connectivity index (χ3n) is 7.87. The van der Waals surface area contributed by atoms with Crippen LogP contribution >= 0.6 is 0 Å². The highest BCUT2D eigenvalue weighted by atomic mass is 16.5. The maximum atomic E-state index is 13.6. The van der Waals surface area contributed by atoms with Crippen LogP contribution in [0.2, 0.25) is 0 Å². The first kappa shape index (κ1) is 25.5. The minimum Gasteiger partial charge on any atom is -0.462 e. The second kappa shape index (κ2) is 10.1. The Bertz CT molecular complexity index is 1430. The van der Waals surface area contributed by atoms with Gasteiger partial charge in [0.1, 0.15) is 6.54 Å². The first-order valence-corrected chi connectivity index (χ1v) is 13.1. The average Bonchev–Trinajstić information content (AvgIpc) is 3.22. The number of ether oxygens (including phenoxy) is 2. The van der Waals surface area contributed by atoms with E-state index in [9.17, 15) is 24.0 Å². The van der Waals surface area contributed by atoms with Crippen LogP contribution in [0.1, 0.15) is 51.4 Å². The molecule has 9 heteroatoms. The molecule has 4 aliphatic rings. The van der Waals surface area contributed by atoms with E-state index in [1.807, 2.05) is 48.5 Å². The standard InChI is InChI=1S/C31H26N2O7/c1-2-39-31(38)17-11-13-18(14-12-17)32-23(34)16-40-24(35)15-33-29(36)27-25-19-7-3-4-8-20(19)26(28(27)30(33)37)22-10-6-5-9-21(22)25/h3-14,25-28H,2,15-16H2,1H3,(H,32,34)/t25?,26?,27-,28-/m0/s1. The van der Waals surface area contributed by atoms with E-state index < -0.39 is 54.6 Å². The van der Waals surface area contributed by atoms with Crippen molar-refractivity contribution >= 4 is 35.3 Å². The van der Waals surface area contributed by atoms with E-state index in [-0.39, 0.29) is 18.4 Å². The SMILES string of the molecule is CCOC(=O)c1ccc(NC(=O)COC(=O)CN2C(=O)[C@H]3C4c5ccccc5C(c5ccccc54)[C@@H]3C2=O)cc1. The topological polar surface area (TPSA) is 119 Å². The van der Waals surface area contributed by atoms with E-state index in [2.05, 4.69) is 5.32 Å². The Morgan fingerprint density at radius 1 is 0.750 bits per heavy atom. The number of hydrogen-bond donors (Lipinski definition) is 1. The Morgan fingerprint density at radius 3 is 1.73 bits per heavy atom. The zero-order valence-corrected chi connectivity index (χ0v) is 21.7. The maximum absolute atomic E-state index is 13.6. The molecule has 40 heavy (non-hydrogen) atoms. The molecular formula is C31H26N2O7. The quantitative estimate of drug-likeness (QED) is 0.362. The molecule has 2 atom stereocenters. The summed E-state index contributed by atoms with van der Waals surface area (Å²) in [5.41, 5.74) is 4.93. The van der Waals surface area contributed by atoms with Gasteiger partial charge < -0.3 is 14.8 Å². The van der Waals surface area contributed by atoms with Gasteiger partial charge in [-0.15, -0.1) is 0 Å². The van der Waals surface area contributed by atoms with E-state index in [0.717, 1.165) is 27.2 Å². The summed E-state index contributed by atoms with van der Waals surface area (Å²) < 4.78 is 10.0. The summed E-state index contributed by atoms with van der Waals surface area (Å²) in [6, 6.07) is 21.9. The molecule has 0 spiro atoms. The summed E-state index contributed by atoms with van der Waals surface area (Å²) in [5, 5.41) is 2.57.